The summed E-state index contributed by atoms with van der Waals surface area (Å²) >= 11 is 0. The molecule has 4 aromatic carbocycles. The van der Waals surface area contributed by atoms with Gasteiger partial charge in [-0.3, -0.25) is 0 Å². The monoisotopic (exact) mass is 734 g/mol. The molecule has 0 aliphatic carbocycles. The van der Waals surface area contributed by atoms with Gasteiger partial charge in [0.15, 0.2) is 11.5 Å². The topological polar surface area (TPSA) is 83.4 Å². The molecule has 9 rings (SSSR count). The number of nitrogens with one attached hydrogen (secondary N) is 1. The molecule has 8 heteroatoms. The molecule has 2 aliphatic rings. The van der Waals surface area contributed by atoms with Crippen LogP contribution in [0.3, 0.4) is 0 Å². The van der Waals surface area contributed by atoms with Crippen LogP contribution in [0, 0.1) is 0 Å². The van der Waals surface area contributed by atoms with Gasteiger partial charge >= 0.3 is 0 Å². The molecule has 7 aromatic rings. The van der Waals surface area contributed by atoms with Gasteiger partial charge in [-0.2, -0.15) is 4.73 Å². The molecule has 0 fully saturated rings. The van der Waals surface area contributed by atoms with Crippen molar-refractivity contribution in [3.05, 3.63) is 156 Å². The lowest BCUT2D eigenvalue weighted by Gasteiger charge is -2.13. The SMILES string of the molecule is COC1=Cc2nc1c(-c1ccccc1)c1c(OC)c(OC)c(c(-c3ccccc3)c3nc(c(-c4ccccc4)c4ccc([nH]4)c2-c2ccccc2)C=C3)n1OC. The molecule has 3 aromatic heterocycles. The number of nitrogens with zero attached hydrogens (tertiary/aromatic N) is 3. The van der Waals surface area contributed by atoms with E-state index in [1.807, 2.05) is 91.0 Å². The summed E-state index contributed by atoms with van der Waals surface area (Å²) < 4.78 is 20.6. The maximum atomic E-state index is 6.43. The smallest absolute Gasteiger partial charge is 0.191 e. The van der Waals surface area contributed by atoms with Crippen LogP contribution in [0.1, 0.15) is 22.8 Å². The fraction of sp³-hybridized carbons (Fsp3) is 0.0833. The fourth-order valence-corrected chi connectivity index (χ4v) is 7.79. The Kier molecular flexibility index (Phi) is 8.91. The molecule has 1 N–H and O–H groups in total. The van der Waals surface area contributed by atoms with E-state index in [-0.39, 0.29) is 0 Å². The van der Waals surface area contributed by atoms with Crippen LogP contribution >= 0.6 is 0 Å². The molecule has 274 valence electrons. The lowest BCUT2D eigenvalue weighted by atomic mass is 10.0. The van der Waals surface area contributed by atoms with Gasteiger partial charge in [0, 0.05) is 39.4 Å². The van der Waals surface area contributed by atoms with Crippen LogP contribution in [-0.4, -0.2) is 48.1 Å². The van der Waals surface area contributed by atoms with Crippen molar-refractivity contribution in [1.82, 2.24) is 19.7 Å². The maximum absolute atomic E-state index is 6.43. The Hall–Kier alpha value is -7.32. The van der Waals surface area contributed by atoms with E-state index >= 15 is 0 Å². The Bertz CT molecular complexity index is 2820. The first kappa shape index (κ1) is 34.4. The van der Waals surface area contributed by atoms with E-state index in [9.17, 15) is 0 Å². The molecule has 0 atom stereocenters. The summed E-state index contributed by atoms with van der Waals surface area (Å²) in [6, 6.07) is 45.1. The lowest BCUT2D eigenvalue weighted by Crippen LogP contribution is -2.08. The minimum atomic E-state index is 0.469. The third kappa shape index (κ3) is 5.70. The molecule has 0 saturated heterocycles. The van der Waals surface area contributed by atoms with Gasteiger partial charge in [0.1, 0.15) is 29.6 Å². The molecule has 5 heterocycles. The van der Waals surface area contributed by atoms with E-state index in [0.29, 0.717) is 34.0 Å². The standard InChI is InChI=1S/C48H38N4O4/c1-53-39-29-38-41(31-19-11-6-12-20-31)36-26-25-34(49-36)40(30-17-9-5-10-18-30)35-27-28-37(50-35)42(32-21-13-7-14-22-32)45-47(54-2)48(55-3)46(52(45)56-4)43(44(39)51-38)33-23-15-8-16-24-33/h5-29,49H,1-4H3. The molecule has 0 saturated carbocycles. The van der Waals surface area contributed by atoms with Crippen molar-refractivity contribution in [2.24, 2.45) is 0 Å². The molecule has 8 bridgehead atoms. The van der Waals surface area contributed by atoms with Crippen molar-refractivity contribution < 1.29 is 19.0 Å². The van der Waals surface area contributed by atoms with Crippen LogP contribution in [0.5, 0.6) is 11.5 Å². The van der Waals surface area contributed by atoms with Crippen molar-refractivity contribution in [2.45, 2.75) is 0 Å². The number of benzene rings is 4. The largest absolute Gasteiger partial charge is 0.494 e. The second kappa shape index (κ2) is 14.5. The second-order valence-corrected chi connectivity index (χ2v) is 13.3. The molecule has 0 radical (unpaired) electrons. The van der Waals surface area contributed by atoms with Gasteiger partial charge in [-0.1, -0.05) is 121 Å². The van der Waals surface area contributed by atoms with Gasteiger partial charge in [0.05, 0.1) is 38.4 Å². The van der Waals surface area contributed by atoms with Crippen molar-refractivity contribution in [3.8, 4) is 56.0 Å². The number of H-pyrrole nitrogens is 1. The summed E-state index contributed by atoms with van der Waals surface area (Å²) in [6.45, 7) is 0. The van der Waals surface area contributed by atoms with Crippen LogP contribution in [0.4, 0.5) is 0 Å². The van der Waals surface area contributed by atoms with Crippen molar-refractivity contribution >= 4 is 46.1 Å². The summed E-state index contributed by atoms with van der Waals surface area (Å²) in [5.41, 5.74) is 13.1. The number of hydrogen-bond donors (Lipinski definition) is 1. The molecule has 0 amide bonds. The maximum Gasteiger partial charge on any atom is 0.191 e. The van der Waals surface area contributed by atoms with Crippen LogP contribution in [-0.2, 0) is 4.74 Å². The first-order chi connectivity index (χ1) is 27.6. The normalized spacial score (nSPS) is 12.0. The lowest BCUT2D eigenvalue weighted by molar-refractivity contribution is 0.188. The van der Waals surface area contributed by atoms with E-state index in [0.717, 1.165) is 72.6 Å². The van der Waals surface area contributed by atoms with E-state index in [2.05, 4.69) is 65.7 Å². The van der Waals surface area contributed by atoms with Gasteiger partial charge in [0.2, 0.25) is 0 Å². The van der Waals surface area contributed by atoms with E-state index < -0.39 is 0 Å². The summed E-state index contributed by atoms with van der Waals surface area (Å²) in [7, 11) is 6.60. The number of fused-ring (bicyclic) bond motifs is 8. The van der Waals surface area contributed by atoms with E-state index in [1.165, 1.54) is 0 Å². The molecule has 56 heavy (non-hydrogen) atoms. The predicted molar refractivity (Wildman–Crippen MR) is 226 cm³/mol. The number of aromatic amines is 1. The third-order valence-electron chi connectivity index (χ3n) is 10.2. The quantitative estimate of drug-likeness (QED) is 0.167. The minimum Gasteiger partial charge on any atom is -0.494 e. The van der Waals surface area contributed by atoms with Gasteiger partial charge in [0.25, 0.3) is 0 Å². The molecular formula is C48H38N4O4. The molecule has 2 aliphatic heterocycles. The van der Waals surface area contributed by atoms with Crippen molar-refractivity contribution in [2.75, 3.05) is 28.4 Å². The first-order valence-corrected chi connectivity index (χ1v) is 18.3. The van der Waals surface area contributed by atoms with E-state index in [4.69, 9.17) is 29.0 Å². The summed E-state index contributed by atoms with van der Waals surface area (Å²) in [4.78, 5) is 21.1. The molecular weight excluding hydrogens is 697 g/mol. The first-order valence-electron chi connectivity index (χ1n) is 18.3. The zero-order valence-corrected chi connectivity index (χ0v) is 31.4. The highest BCUT2D eigenvalue weighted by Gasteiger charge is 2.30. The summed E-state index contributed by atoms with van der Waals surface area (Å²) in [5.74, 6) is 1.53. The Balaban J connectivity index is 1.61. The number of methoxy groups -OCH3 is 3. The van der Waals surface area contributed by atoms with Gasteiger partial charge in [-0.25, -0.2) is 9.97 Å². The van der Waals surface area contributed by atoms with Crippen LogP contribution in [0.15, 0.2) is 133 Å². The Morgan fingerprint density at radius 3 is 1.34 bits per heavy atom. The molecule has 8 nitrogen and oxygen atoms in total. The van der Waals surface area contributed by atoms with Gasteiger partial charge in [-0.15, -0.1) is 0 Å². The van der Waals surface area contributed by atoms with Gasteiger partial charge in [-0.05, 0) is 46.5 Å². The zero-order chi connectivity index (χ0) is 38.2. The highest BCUT2D eigenvalue weighted by atomic mass is 16.6. The van der Waals surface area contributed by atoms with Crippen molar-refractivity contribution in [3.63, 3.8) is 0 Å². The van der Waals surface area contributed by atoms with Crippen LogP contribution < -0.4 is 14.3 Å². The Labute approximate surface area is 324 Å². The fourth-order valence-electron chi connectivity index (χ4n) is 7.79. The second-order valence-electron chi connectivity index (χ2n) is 13.3. The predicted octanol–water partition coefficient (Wildman–Crippen LogP) is 10.8. The molecule has 0 spiro atoms. The van der Waals surface area contributed by atoms with Crippen LogP contribution in [0.25, 0.3) is 90.6 Å². The average molecular weight is 735 g/mol. The zero-order valence-electron chi connectivity index (χ0n) is 31.4. The molecule has 0 unspecified atom stereocenters. The minimum absolute atomic E-state index is 0.469. The Morgan fingerprint density at radius 2 is 0.875 bits per heavy atom. The number of hydrogen-bond acceptors (Lipinski definition) is 6. The highest BCUT2D eigenvalue weighted by Crippen LogP contribution is 2.49. The number of ether oxygens (including phenoxy) is 3. The summed E-state index contributed by atoms with van der Waals surface area (Å²) in [6.07, 6.45) is 6.12. The summed E-state index contributed by atoms with van der Waals surface area (Å²) in [5, 5.41) is 0. The third-order valence-corrected chi connectivity index (χ3v) is 10.2. The van der Waals surface area contributed by atoms with Crippen LogP contribution in [0.2, 0.25) is 0 Å². The number of rotatable bonds is 8. The number of aromatic nitrogens is 4. The Morgan fingerprint density at radius 1 is 0.446 bits per heavy atom. The average Bonchev–Trinajstić information content (AvgIpc) is 4.07. The van der Waals surface area contributed by atoms with Crippen molar-refractivity contribution in [1.29, 1.82) is 0 Å². The van der Waals surface area contributed by atoms with Gasteiger partial charge < -0.3 is 24.0 Å². The van der Waals surface area contributed by atoms with E-state index in [1.54, 1.807) is 33.2 Å². The highest BCUT2D eigenvalue weighted by molar-refractivity contribution is 6.05.